The fourth-order valence-corrected chi connectivity index (χ4v) is 3.79. The predicted molar refractivity (Wildman–Crippen MR) is 136 cm³/mol. The predicted octanol–water partition coefficient (Wildman–Crippen LogP) is 4.31. The van der Waals surface area contributed by atoms with Gasteiger partial charge in [-0.3, -0.25) is 4.79 Å². The highest BCUT2D eigenvalue weighted by Crippen LogP contribution is 2.25. The number of phenols is 1. The van der Waals surface area contributed by atoms with Gasteiger partial charge in [0.25, 0.3) is 5.91 Å². The van der Waals surface area contributed by atoms with Crippen LogP contribution in [0.4, 0.5) is 5.95 Å². The van der Waals surface area contributed by atoms with Gasteiger partial charge in [0.1, 0.15) is 5.75 Å². The van der Waals surface area contributed by atoms with Crippen molar-refractivity contribution >= 4 is 11.9 Å². The van der Waals surface area contributed by atoms with E-state index in [4.69, 9.17) is 0 Å². The maximum atomic E-state index is 13.3. The number of aliphatic hydroxyl groups is 1. The summed E-state index contributed by atoms with van der Waals surface area (Å²) in [4.78, 5) is 23.8. The number of aromatic nitrogens is 2. The second kappa shape index (κ2) is 11.3. The van der Waals surface area contributed by atoms with E-state index in [0.717, 1.165) is 12.0 Å². The van der Waals surface area contributed by atoms with Gasteiger partial charge in [-0.1, -0.05) is 72.8 Å². The van der Waals surface area contributed by atoms with Gasteiger partial charge in [0.2, 0.25) is 5.95 Å². The zero-order valence-corrected chi connectivity index (χ0v) is 19.5. The van der Waals surface area contributed by atoms with E-state index in [0.29, 0.717) is 29.3 Å². The molecule has 178 valence electrons. The Morgan fingerprint density at radius 2 is 1.71 bits per heavy atom. The van der Waals surface area contributed by atoms with E-state index in [1.54, 1.807) is 19.2 Å². The maximum Gasteiger partial charge on any atom is 0.257 e. The summed E-state index contributed by atoms with van der Waals surface area (Å²) >= 11 is 0. The van der Waals surface area contributed by atoms with Crippen LogP contribution in [0.25, 0.3) is 11.3 Å². The molecule has 0 bridgehead atoms. The van der Waals surface area contributed by atoms with Crippen LogP contribution in [0.1, 0.15) is 27.6 Å². The molecule has 3 aromatic carbocycles. The summed E-state index contributed by atoms with van der Waals surface area (Å²) in [6.45, 7) is 0.704. The van der Waals surface area contributed by atoms with E-state index in [9.17, 15) is 15.0 Å². The topological polar surface area (TPSA) is 98.6 Å². The van der Waals surface area contributed by atoms with E-state index < -0.39 is 6.10 Å². The summed E-state index contributed by atoms with van der Waals surface area (Å²) < 4.78 is 0. The summed E-state index contributed by atoms with van der Waals surface area (Å²) in [6, 6.07) is 26.0. The molecule has 0 aliphatic rings. The Morgan fingerprint density at radius 1 is 1.00 bits per heavy atom. The average Bonchev–Trinajstić information content (AvgIpc) is 2.89. The Morgan fingerprint density at radius 3 is 2.43 bits per heavy atom. The number of aliphatic hydroxyl groups excluding tert-OH is 1. The molecule has 7 heteroatoms. The van der Waals surface area contributed by atoms with Gasteiger partial charge in [-0.05, 0) is 29.7 Å². The first-order valence-corrected chi connectivity index (χ1v) is 11.4. The Labute approximate surface area is 204 Å². The molecule has 3 N–H and O–H groups in total. The molecule has 0 spiro atoms. The molecule has 1 unspecified atom stereocenters. The minimum atomic E-state index is -0.948. The third-order valence-corrected chi connectivity index (χ3v) is 5.65. The van der Waals surface area contributed by atoms with Crippen LogP contribution in [0.2, 0.25) is 0 Å². The number of aromatic hydroxyl groups is 1. The molecule has 4 aromatic rings. The van der Waals surface area contributed by atoms with Gasteiger partial charge < -0.3 is 20.4 Å². The lowest BCUT2D eigenvalue weighted by atomic mass is 10.1. The van der Waals surface area contributed by atoms with Crippen molar-refractivity contribution < 1.29 is 15.0 Å². The molecule has 7 nitrogen and oxygen atoms in total. The molecule has 0 saturated heterocycles. The molecule has 35 heavy (non-hydrogen) atoms. The van der Waals surface area contributed by atoms with Gasteiger partial charge in [-0.25, -0.2) is 9.97 Å². The Bertz CT molecular complexity index is 1270. The highest BCUT2D eigenvalue weighted by Gasteiger charge is 2.22. The number of amides is 1. The van der Waals surface area contributed by atoms with Crippen LogP contribution in [-0.2, 0) is 6.42 Å². The molecule has 0 aliphatic carbocycles. The Kier molecular flexibility index (Phi) is 7.70. The van der Waals surface area contributed by atoms with Gasteiger partial charge in [0.15, 0.2) is 0 Å². The van der Waals surface area contributed by atoms with Crippen molar-refractivity contribution in [1.29, 1.82) is 0 Å². The van der Waals surface area contributed by atoms with Crippen LogP contribution in [0.5, 0.6) is 5.75 Å². The minimum absolute atomic E-state index is 0.0492. The summed E-state index contributed by atoms with van der Waals surface area (Å²) in [6.07, 6.45) is 1.40. The van der Waals surface area contributed by atoms with Gasteiger partial charge in [0.05, 0.1) is 23.9 Å². The smallest absolute Gasteiger partial charge is 0.257 e. The molecule has 4 rings (SSSR count). The van der Waals surface area contributed by atoms with E-state index >= 15 is 0 Å². The lowest BCUT2D eigenvalue weighted by molar-refractivity contribution is 0.0681. The molecule has 1 heterocycles. The Balaban J connectivity index is 1.53. The lowest BCUT2D eigenvalue weighted by Gasteiger charge is -2.22. The van der Waals surface area contributed by atoms with Crippen molar-refractivity contribution in [3.05, 3.63) is 108 Å². The number of hydrogen-bond donors (Lipinski definition) is 3. The summed E-state index contributed by atoms with van der Waals surface area (Å²) in [5.41, 5.74) is 3.40. The standard InChI is InChI=1S/C28H28N4O3/c1-32(19-25(34)22-13-8-14-23(33)17-22)27(35)24-18-30-28(29-16-15-20-9-4-2-5-10-20)31-26(24)21-11-6-3-7-12-21/h2-14,17-18,25,33-34H,15-16,19H2,1H3,(H,29,30,31). The van der Waals surface area contributed by atoms with Gasteiger partial charge in [0, 0.05) is 25.4 Å². The SMILES string of the molecule is CN(CC(O)c1cccc(O)c1)C(=O)c1cnc(NCCc2ccccc2)nc1-c1ccccc1. The van der Waals surface area contributed by atoms with Crippen LogP contribution in [0, 0.1) is 0 Å². The Hall–Kier alpha value is -4.23. The van der Waals surface area contributed by atoms with Gasteiger partial charge in [-0.15, -0.1) is 0 Å². The van der Waals surface area contributed by atoms with Crippen LogP contribution >= 0.6 is 0 Å². The zero-order valence-electron chi connectivity index (χ0n) is 19.5. The number of nitrogens with zero attached hydrogens (tertiary/aromatic N) is 3. The molecule has 0 aliphatic heterocycles. The third kappa shape index (κ3) is 6.22. The number of hydrogen-bond acceptors (Lipinski definition) is 6. The first-order valence-electron chi connectivity index (χ1n) is 11.4. The van der Waals surface area contributed by atoms with Crippen molar-refractivity contribution in [1.82, 2.24) is 14.9 Å². The summed E-state index contributed by atoms with van der Waals surface area (Å²) in [7, 11) is 1.62. The quantitative estimate of drug-likeness (QED) is 0.339. The number of carbonyl (C=O) groups is 1. The first-order chi connectivity index (χ1) is 17.0. The largest absolute Gasteiger partial charge is 0.508 e. The molecule has 0 saturated carbocycles. The van der Waals surface area contributed by atoms with E-state index in [1.165, 1.54) is 28.8 Å². The number of phenolic OH excluding ortho intramolecular Hbond substituents is 1. The number of likely N-dealkylation sites (N-methyl/N-ethyl adjacent to an activating group) is 1. The normalized spacial score (nSPS) is 11.6. The van der Waals surface area contributed by atoms with Crippen molar-refractivity contribution in [2.45, 2.75) is 12.5 Å². The second-order valence-corrected chi connectivity index (χ2v) is 8.28. The van der Waals surface area contributed by atoms with Crippen LogP contribution in [0.3, 0.4) is 0 Å². The van der Waals surface area contributed by atoms with Crippen LogP contribution in [-0.4, -0.2) is 51.1 Å². The van der Waals surface area contributed by atoms with E-state index in [-0.39, 0.29) is 18.2 Å². The average molecular weight is 469 g/mol. The highest BCUT2D eigenvalue weighted by molar-refractivity contribution is 5.99. The fourth-order valence-electron chi connectivity index (χ4n) is 3.79. The molecular weight excluding hydrogens is 440 g/mol. The van der Waals surface area contributed by atoms with Crippen molar-refractivity contribution in [3.8, 4) is 17.0 Å². The molecule has 1 amide bonds. The number of anilines is 1. The first kappa shape index (κ1) is 23.9. The zero-order chi connectivity index (χ0) is 24.6. The van der Waals surface area contributed by atoms with E-state index in [2.05, 4.69) is 27.4 Å². The number of rotatable bonds is 9. The second-order valence-electron chi connectivity index (χ2n) is 8.28. The molecule has 0 fully saturated rings. The summed E-state index contributed by atoms with van der Waals surface area (Å²) in [5, 5.41) is 23.5. The van der Waals surface area contributed by atoms with Crippen molar-refractivity contribution in [2.24, 2.45) is 0 Å². The van der Waals surface area contributed by atoms with E-state index in [1.807, 2.05) is 48.5 Å². The molecular formula is C28H28N4O3. The molecule has 1 atom stereocenters. The number of benzene rings is 3. The fraction of sp³-hybridized carbons (Fsp3) is 0.179. The van der Waals surface area contributed by atoms with Crippen molar-refractivity contribution in [2.75, 3.05) is 25.5 Å². The van der Waals surface area contributed by atoms with Gasteiger partial charge >= 0.3 is 0 Å². The van der Waals surface area contributed by atoms with Crippen LogP contribution in [0.15, 0.2) is 91.1 Å². The summed E-state index contributed by atoms with van der Waals surface area (Å²) in [5.74, 6) is 0.198. The highest BCUT2D eigenvalue weighted by atomic mass is 16.3. The minimum Gasteiger partial charge on any atom is -0.508 e. The van der Waals surface area contributed by atoms with Crippen LogP contribution < -0.4 is 5.32 Å². The monoisotopic (exact) mass is 468 g/mol. The number of nitrogens with one attached hydrogen (secondary N) is 1. The molecule has 1 aromatic heterocycles. The van der Waals surface area contributed by atoms with Gasteiger partial charge in [-0.2, -0.15) is 0 Å². The lowest BCUT2D eigenvalue weighted by Crippen LogP contribution is -2.31. The maximum absolute atomic E-state index is 13.3. The number of carbonyl (C=O) groups excluding carboxylic acids is 1. The van der Waals surface area contributed by atoms with Crippen molar-refractivity contribution in [3.63, 3.8) is 0 Å². The molecule has 0 radical (unpaired) electrons. The third-order valence-electron chi connectivity index (χ3n) is 5.65.